The fourth-order valence-electron chi connectivity index (χ4n) is 3.81. The van der Waals surface area contributed by atoms with Crippen LogP contribution >= 0.6 is 23.2 Å². The first kappa shape index (κ1) is 36.6. The third kappa shape index (κ3) is 11.8. The summed E-state index contributed by atoms with van der Waals surface area (Å²) in [4.78, 5) is 25.7. The van der Waals surface area contributed by atoms with Crippen molar-refractivity contribution in [3.63, 3.8) is 0 Å². The van der Waals surface area contributed by atoms with Gasteiger partial charge in [0.25, 0.3) is 6.47 Å². The molecular formula is C35H39Cl2N3O3. The maximum Gasteiger partial charge on any atom is 0.290 e. The highest BCUT2D eigenvalue weighted by molar-refractivity contribution is 6.36. The van der Waals surface area contributed by atoms with E-state index in [1.54, 1.807) is 18.2 Å². The van der Waals surface area contributed by atoms with E-state index in [-0.39, 0.29) is 12.4 Å². The molecule has 0 saturated heterocycles. The molecule has 0 unspecified atom stereocenters. The molecule has 0 bridgehead atoms. The fraction of sp³-hybridized carbons (Fsp3) is 0.171. The number of nitrogens with one attached hydrogen (secondary N) is 1. The van der Waals surface area contributed by atoms with E-state index in [9.17, 15) is 4.79 Å². The Hall–Kier alpha value is -4.39. The molecule has 1 amide bonds. The Balaban J connectivity index is 0.00000122. The highest BCUT2D eigenvalue weighted by atomic mass is 35.5. The van der Waals surface area contributed by atoms with Crippen molar-refractivity contribution in [2.45, 2.75) is 41.5 Å². The minimum absolute atomic E-state index is 0.250. The third-order valence-corrected chi connectivity index (χ3v) is 6.09. The Labute approximate surface area is 264 Å². The lowest BCUT2D eigenvalue weighted by molar-refractivity contribution is -0.122. The van der Waals surface area contributed by atoms with Gasteiger partial charge in [-0.05, 0) is 79.1 Å². The molecule has 6 nitrogen and oxygen atoms in total. The lowest BCUT2D eigenvalue weighted by atomic mass is 10.0. The summed E-state index contributed by atoms with van der Waals surface area (Å²) < 4.78 is 0. The highest BCUT2D eigenvalue weighted by Crippen LogP contribution is 2.33. The summed E-state index contributed by atoms with van der Waals surface area (Å²) in [6, 6.07) is 21.1. The van der Waals surface area contributed by atoms with E-state index in [1.807, 2.05) is 83.2 Å². The van der Waals surface area contributed by atoms with E-state index in [1.165, 1.54) is 11.6 Å². The van der Waals surface area contributed by atoms with Gasteiger partial charge in [0.2, 0.25) is 5.91 Å². The van der Waals surface area contributed by atoms with Gasteiger partial charge in [-0.25, -0.2) is 4.98 Å². The van der Waals surface area contributed by atoms with E-state index < -0.39 is 0 Å². The lowest BCUT2D eigenvalue weighted by Gasteiger charge is -2.10. The van der Waals surface area contributed by atoms with Crippen LogP contribution in [0.25, 0.3) is 28.6 Å². The summed E-state index contributed by atoms with van der Waals surface area (Å²) in [6.07, 6.45) is 8.89. The van der Waals surface area contributed by atoms with Crippen molar-refractivity contribution in [1.29, 1.82) is 0 Å². The maximum atomic E-state index is 12.6. The zero-order chi connectivity index (χ0) is 32.4. The van der Waals surface area contributed by atoms with Gasteiger partial charge >= 0.3 is 0 Å². The summed E-state index contributed by atoms with van der Waals surface area (Å²) in [5.41, 5.74) is 12.5. The molecule has 0 fully saturated rings. The summed E-state index contributed by atoms with van der Waals surface area (Å²) in [6.45, 7) is 11.7. The molecule has 1 aromatic heterocycles. The van der Waals surface area contributed by atoms with E-state index >= 15 is 0 Å². The molecule has 0 aliphatic heterocycles. The molecule has 0 radical (unpaired) electrons. The van der Waals surface area contributed by atoms with E-state index in [0.717, 1.165) is 27.7 Å². The second-order valence-corrected chi connectivity index (χ2v) is 9.26. The number of carbonyl (C=O) groups excluding carboxylic acids is 1. The Morgan fingerprint density at radius 1 is 0.930 bits per heavy atom. The third-order valence-electron chi connectivity index (χ3n) is 5.57. The van der Waals surface area contributed by atoms with Gasteiger partial charge in [-0.1, -0.05) is 93.4 Å². The summed E-state index contributed by atoms with van der Waals surface area (Å²) >= 11 is 12.3. The van der Waals surface area contributed by atoms with Crippen molar-refractivity contribution in [2.75, 3.05) is 11.1 Å². The topological polar surface area (TPSA) is 105 Å². The average Bonchev–Trinajstić information content (AvgIpc) is 2.99. The Morgan fingerprint density at radius 3 is 2.26 bits per heavy atom. The number of nitrogens with two attached hydrogens (primary N) is 1. The number of aryl methyl sites for hydroxylation is 1. The van der Waals surface area contributed by atoms with Gasteiger partial charge in [-0.3, -0.25) is 9.59 Å². The van der Waals surface area contributed by atoms with Crippen LogP contribution in [0.5, 0.6) is 0 Å². The maximum absolute atomic E-state index is 12.6. The SMILES string of the molecule is C/C=C(\C=C\C(=O)Nc1cccc(/C=C/c2ccc3ccc(C)cc3n2)c1)c1c(N)cc(Cl)cc1Cl.CC.CC.O=CO. The van der Waals surface area contributed by atoms with Crippen LogP contribution in [0, 0.1) is 6.92 Å². The molecule has 4 aromatic rings. The van der Waals surface area contributed by atoms with Crippen LogP contribution in [-0.4, -0.2) is 22.5 Å². The number of carbonyl (C=O) groups is 2. The number of hydrogen-bond donors (Lipinski definition) is 3. The zero-order valence-corrected chi connectivity index (χ0v) is 26.9. The summed E-state index contributed by atoms with van der Waals surface area (Å²) in [5.74, 6) is -0.272. The molecular weight excluding hydrogens is 581 g/mol. The number of fused-ring (bicyclic) bond motifs is 1. The first-order valence-electron chi connectivity index (χ1n) is 13.9. The predicted molar refractivity (Wildman–Crippen MR) is 186 cm³/mol. The number of anilines is 2. The van der Waals surface area contributed by atoms with Crippen molar-refractivity contribution in [2.24, 2.45) is 0 Å². The number of nitrogens with zero attached hydrogens (tertiary/aromatic N) is 1. The van der Waals surface area contributed by atoms with Gasteiger partial charge in [-0.15, -0.1) is 0 Å². The zero-order valence-electron chi connectivity index (χ0n) is 25.4. The molecule has 8 heteroatoms. The number of carboxylic acid groups (broad SMARTS) is 1. The molecule has 0 atom stereocenters. The summed E-state index contributed by atoms with van der Waals surface area (Å²) in [7, 11) is 0. The van der Waals surface area contributed by atoms with Crippen molar-refractivity contribution in [3.05, 3.63) is 117 Å². The molecule has 226 valence electrons. The van der Waals surface area contributed by atoms with Crippen LogP contribution in [0.3, 0.4) is 0 Å². The molecule has 4 N–H and O–H groups in total. The number of hydrogen-bond acceptors (Lipinski definition) is 4. The summed E-state index contributed by atoms with van der Waals surface area (Å²) in [5, 5.41) is 11.8. The molecule has 43 heavy (non-hydrogen) atoms. The molecule has 0 spiro atoms. The minimum Gasteiger partial charge on any atom is -0.483 e. The van der Waals surface area contributed by atoms with E-state index in [0.29, 0.717) is 27.0 Å². The monoisotopic (exact) mass is 619 g/mol. The van der Waals surface area contributed by atoms with Gasteiger partial charge in [0, 0.05) is 33.4 Å². The Kier molecular flexibility index (Phi) is 16.8. The molecule has 0 aliphatic rings. The van der Waals surface area contributed by atoms with Gasteiger partial charge in [-0.2, -0.15) is 0 Å². The van der Waals surface area contributed by atoms with Gasteiger partial charge < -0.3 is 16.2 Å². The number of benzene rings is 3. The van der Waals surface area contributed by atoms with Crippen molar-refractivity contribution < 1.29 is 14.7 Å². The first-order chi connectivity index (χ1) is 20.7. The number of aromatic nitrogens is 1. The van der Waals surface area contributed by atoms with Crippen LogP contribution in [0.1, 0.15) is 57.0 Å². The number of halogens is 2. The average molecular weight is 621 g/mol. The second-order valence-electron chi connectivity index (χ2n) is 8.41. The normalized spacial score (nSPS) is 10.7. The van der Waals surface area contributed by atoms with Crippen LogP contribution in [0.2, 0.25) is 10.0 Å². The van der Waals surface area contributed by atoms with Crippen LogP contribution < -0.4 is 11.1 Å². The smallest absolute Gasteiger partial charge is 0.290 e. The Morgan fingerprint density at radius 2 is 1.60 bits per heavy atom. The fourth-order valence-corrected chi connectivity index (χ4v) is 4.43. The highest BCUT2D eigenvalue weighted by Gasteiger charge is 2.10. The first-order valence-corrected chi connectivity index (χ1v) is 14.6. The number of nitrogen functional groups attached to an aromatic ring is 1. The molecule has 4 rings (SSSR count). The van der Waals surface area contributed by atoms with Crippen LogP contribution in [-0.2, 0) is 9.59 Å². The number of allylic oxidation sites excluding steroid dienone is 3. The second kappa shape index (κ2) is 19.7. The van der Waals surface area contributed by atoms with E-state index in [4.69, 9.17) is 43.8 Å². The van der Waals surface area contributed by atoms with Gasteiger partial charge in [0.1, 0.15) is 0 Å². The minimum atomic E-state index is -0.272. The van der Waals surface area contributed by atoms with Crippen molar-refractivity contribution in [3.8, 4) is 0 Å². The number of rotatable bonds is 6. The molecule has 0 aliphatic carbocycles. The predicted octanol–water partition coefficient (Wildman–Crippen LogP) is 9.95. The van der Waals surface area contributed by atoms with Crippen molar-refractivity contribution >= 4 is 75.6 Å². The van der Waals surface area contributed by atoms with Gasteiger partial charge in [0.15, 0.2) is 0 Å². The van der Waals surface area contributed by atoms with Crippen LogP contribution in [0.4, 0.5) is 11.4 Å². The number of pyridine rings is 1. The Bertz CT molecular complexity index is 1570. The quantitative estimate of drug-likeness (QED) is 0.0861. The van der Waals surface area contributed by atoms with Crippen molar-refractivity contribution in [1.82, 2.24) is 4.98 Å². The van der Waals surface area contributed by atoms with Gasteiger partial charge in [0.05, 0.1) is 16.2 Å². The molecule has 0 saturated carbocycles. The standard InChI is InChI=1S/C30H25Cl2N3O.2C2H6.CH2O2/c1-3-21(30-26(32)17-23(31)18-27(30)33)11-14-29(36)35-25-6-4-5-20(16-25)8-12-24-13-10-22-9-7-19(2)15-28(22)34-24;2*1-2;2-1-3/h3-18H,33H2,1-2H3,(H,35,36);2*1-2H3;1H,(H,2,3)/b12-8+,14-11+,21-3+;;;. The largest absolute Gasteiger partial charge is 0.483 e. The lowest BCUT2D eigenvalue weighted by Crippen LogP contribution is -2.08. The number of amides is 1. The molecule has 1 heterocycles. The van der Waals surface area contributed by atoms with Crippen LogP contribution in [0.15, 0.2) is 85.0 Å². The molecule has 3 aromatic carbocycles. The van der Waals surface area contributed by atoms with E-state index in [2.05, 4.69) is 36.5 Å².